The van der Waals surface area contributed by atoms with Crippen LogP contribution in [0.4, 0.5) is 5.13 Å². The molecule has 11 heteroatoms. The third kappa shape index (κ3) is 6.19. The van der Waals surface area contributed by atoms with Crippen LogP contribution < -0.4 is 10.2 Å². The second-order valence-corrected chi connectivity index (χ2v) is 7.77. The minimum absolute atomic E-state index is 0.0893. The fourth-order valence-corrected chi connectivity index (χ4v) is 4.05. The minimum atomic E-state index is -0.370. The molecular weight excluding hydrogens is 420 g/mol. The van der Waals surface area contributed by atoms with Gasteiger partial charge >= 0.3 is 0 Å². The molecule has 1 aliphatic heterocycles. The highest BCUT2D eigenvalue weighted by atomic mass is 32.1. The maximum atomic E-state index is 12.4. The topological polar surface area (TPSA) is 141 Å². The molecular formula is C20H22N6O4S. The Morgan fingerprint density at radius 3 is 2.81 bits per heavy atom. The number of hydrogen-bond acceptors (Lipinski definition) is 7. The highest BCUT2D eigenvalue weighted by Crippen LogP contribution is 2.28. The molecule has 3 heterocycles. The number of rotatable bonds is 7. The quantitative estimate of drug-likeness (QED) is 0.468. The number of imidazole rings is 1. The first-order valence-electron chi connectivity index (χ1n) is 9.61. The zero-order valence-electron chi connectivity index (χ0n) is 16.6. The SMILES string of the molecule is O=C(NCCc1ncc[nH]1)C1CC(=O)N(c2nnc(Cc3ccccc3)s2)C1.O=CO. The molecule has 0 saturated carbocycles. The van der Waals surface area contributed by atoms with Gasteiger partial charge in [-0.2, -0.15) is 0 Å². The Morgan fingerprint density at radius 1 is 1.32 bits per heavy atom. The van der Waals surface area contributed by atoms with E-state index in [-0.39, 0.29) is 30.6 Å². The van der Waals surface area contributed by atoms with E-state index in [1.807, 2.05) is 30.3 Å². The smallest absolute Gasteiger partial charge is 0.290 e. The summed E-state index contributed by atoms with van der Waals surface area (Å²) in [6, 6.07) is 10.0. The van der Waals surface area contributed by atoms with E-state index >= 15 is 0 Å². The predicted octanol–water partition coefficient (Wildman–Crippen LogP) is 1.26. The highest BCUT2D eigenvalue weighted by molar-refractivity contribution is 7.15. The molecule has 31 heavy (non-hydrogen) atoms. The fourth-order valence-electron chi connectivity index (χ4n) is 3.15. The third-order valence-corrected chi connectivity index (χ3v) is 5.54. The lowest BCUT2D eigenvalue weighted by Gasteiger charge is -2.12. The van der Waals surface area contributed by atoms with Crippen molar-refractivity contribution in [1.82, 2.24) is 25.5 Å². The molecule has 2 amide bonds. The van der Waals surface area contributed by atoms with Crippen LogP contribution in [0.3, 0.4) is 0 Å². The van der Waals surface area contributed by atoms with Crippen LogP contribution in [0, 0.1) is 5.92 Å². The number of carbonyl (C=O) groups excluding carboxylic acids is 2. The highest BCUT2D eigenvalue weighted by Gasteiger charge is 2.36. The molecule has 0 bridgehead atoms. The number of carbonyl (C=O) groups is 3. The van der Waals surface area contributed by atoms with Crippen LogP contribution in [-0.4, -0.2) is 56.6 Å². The molecule has 0 spiro atoms. The van der Waals surface area contributed by atoms with Crippen LogP contribution in [0.5, 0.6) is 0 Å². The van der Waals surface area contributed by atoms with Crippen molar-refractivity contribution < 1.29 is 19.5 Å². The molecule has 3 N–H and O–H groups in total. The summed E-state index contributed by atoms with van der Waals surface area (Å²) in [4.78, 5) is 41.8. The number of H-pyrrole nitrogens is 1. The summed E-state index contributed by atoms with van der Waals surface area (Å²) < 4.78 is 0. The summed E-state index contributed by atoms with van der Waals surface area (Å²) in [5.41, 5.74) is 1.15. The first-order valence-corrected chi connectivity index (χ1v) is 10.4. The number of aromatic amines is 1. The van der Waals surface area contributed by atoms with Gasteiger partial charge in [0, 0.05) is 44.7 Å². The van der Waals surface area contributed by atoms with E-state index < -0.39 is 0 Å². The number of amides is 2. The van der Waals surface area contributed by atoms with Gasteiger partial charge < -0.3 is 15.4 Å². The van der Waals surface area contributed by atoms with Gasteiger partial charge in [0.05, 0.1) is 5.92 Å². The third-order valence-electron chi connectivity index (χ3n) is 4.60. The molecule has 0 aliphatic carbocycles. The van der Waals surface area contributed by atoms with Crippen molar-refractivity contribution in [2.45, 2.75) is 19.3 Å². The molecule has 4 rings (SSSR count). The van der Waals surface area contributed by atoms with Crippen LogP contribution in [0.15, 0.2) is 42.7 Å². The van der Waals surface area contributed by atoms with Crippen molar-refractivity contribution in [2.24, 2.45) is 5.92 Å². The average Bonchev–Trinajstić information content (AvgIpc) is 3.51. The van der Waals surface area contributed by atoms with Crippen molar-refractivity contribution in [3.63, 3.8) is 0 Å². The van der Waals surface area contributed by atoms with Crippen molar-refractivity contribution in [3.8, 4) is 0 Å². The fraction of sp³-hybridized carbons (Fsp3) is 0.300. The number of hydrogen-bond donors (Lipinski definition) is 3. The van der Waals surface area contributed by atoms with E-state index in [2.05, 4.69) is 25.5 Å². The molecule has 1 aliphatic rings. The number of anilines is 1. The van der Waals surface area contributed by atoms with Gasteiger partial charge in [0.1, 0.15) is 10.8 Å². The predicted molar refractivity (Wildman–Crippen MR) is 114 cm³/mol. The van der Waals surface area contributed by atoms with Crippen LogP contribution in [-0.2, 0) is 27.2 Å². The van der Waals surface area contributed by atoms with Crippen molar-refractivity contribution >= 4 is 34.8 Å². The van der Waals surface area contributed by atoms with Crippen molar-refractivity contribution in [2.75, 3.05) is 18.0 Å². The zero-order valence-corrected chi connectivity index (χ0v) is 17.4. The van der Waals surface area contributed by atoms with Gasteiger partial charge in [0.2, 0.25) is 16.9 Å². The molecule has 0 radical (unpaired) electrons. The van der Waals surface area contributed by atoms with Gasteiger partial charge in [-0.3, -0.25) is 19.3 Å². The largest absolute Gasteiger partial charge is 0.483 e. The number of nitrogens with one attached hydrogen (secondary N) is 2. The second-order valence-electron chi connectivity index (χ2n) is 6.73. The zero-order chi connectivity index (χ0) is 22.1. The minimum Gasteiger partial charge on any atom is -0.483 e. The maximum Gasteiger partial charge on any atom is 0.290 e. The molecule has 2 aromatic heterocycles. The van der Waals surface area contributed by atoms with Gasteiger partial charge in [-0.05, 0) is 5.56 Å². The second kappa shape index (κ2) is 11.0. The van der Waals surface area contributed by atoms with E-state index in [0.717, 1.165) is 16.4 Å². The van der Waals surface area contributed by atoms with E-state index in [0.29, 0.717) is 31.1 Å². The molecule has 10 nitrogen and oxygen atoms in total. The lowest BCUT2D eigenvalue weighted by molar-refractivity contribution is -0.126. The van der Waals surface area contributed by atoms with E-state index in [9.17, 15) is 9.59 Å². The average molecular weight is 443 g/mol. The van der Waals surface area contributed by atoms with E-state index in [1.165, 1.54) is 11.3 Å². The van der Waals surface area contributed by atoms with E-state index in [4.69, 9.17) is 9.90 Å². The molecule has 1 fully saturated rings. The van der Waals surface area contributed by atoms with Crippen LogP contribution >= 0.6 is 11.3 Å². The van der Waals surface area contributed by atoms with Crippen LogP contribution in [0.2, 0.25) is 0 Å². The van der Waals surface area contributed by atoms with Gasteiger partial charge in [-0.1, -0.05) is 41.7 Å². The Kier molecular flexibility index (Phi) is 7.82. The number of aromatic nitrogens is 4. The Bertz CT molecular complexity index is 992. The van der Waals surface area contributed by atoms with Gasteiger partial charge in [-0.15, -0.1) is 10.2 Å². The Morgan fingerprint density at radius 2 is 2.10 bits per heavy atom. The summed E-state index contributed by atoms with van der Waals surface area (Å²) >= 11 is 1.40. The first-order chi connectivity index (χ1) is 15.1. The summed E-state index contributed by atoms with van der Waals surface area (Å²) in [5, 5.41) is 19.5. The molecule has 1 unspecified atom stereocenters. The lowest BCUT2D eigenvalue weighted by Crippen LogP contribution is -2.34. The van der Waals surface area contributed by atoms with Gasteiger partial charge in [0.15, 0.2) is 0 Å². The molecule has 1 atom stereocenters. The Hall–Kier alpha value is -3.60. The Balaban J connectivity index is 0.000000858. The first kappa shape index (κ1) is 22.1. The summed E-state index contributed by atoms with van der Waals surface area (Å²) in [5.74, 6) is 0.250. The molecule has 1 saturated heterocycles. The normalized spacial score (nSPS) is 15.3. The van der Waals surface area contributed by atoms with Crippen LogP contribution in [0.25, 0.3) is 0 Å². The summed E-state index contributed by atoms with van der Waals surface area (Å²) in [6.45, 7) is 0.572. The van der Waals surface area contributed by atoms with Crippen molar-refractivity contribution in [3.05, 3.63) is 59.1 Å². The number of carboxylic acid groups (broad SMARTS) is 1. The summed E-state index contributed by atoms with van der Waals surface area (Å²) in [7, 11) is 0. The van der Waals surface area contributed by atoms with Crippen LogP contribution in [0.1, 0.15) is 22.8 Å². The summed E-state index contributed by atoms with van der Waals surface area (Å²) in [6.07, 6.45) is 4.93. The van der Waals surface area contributed by atoms with Crippen molar-refractivity contribution in [1.29, 1.82) is 0 Å². The van der Waals surface area contributed by atoms with E-state index in [1.54, 1.807) is 17.3 Å². The monoisotopic (exact) mass is 442 g/mol. The molecule has 1 aromatic carbocycles. The standard InChI is InChI=1S/C19H20N6O2S.CH2O2/c26-17-11-14(18(27)22-7-6-15-20-8-9-21-15)12-25(17)19-24-23-16(28-19)10-13-4-2-1-3-5-13;2-1-3/h1-5,8-9,14H,6-7,10-12H2,(H,20,21)(H,22,27);1H,(H,2,3). The lowest BCUT2D eigenvalue weighted by atomic mass is 10.1. The van der Waals surface area contributed by atoms with Gasteiger partial charge in [-0.25, -0.2) is 4.98 Å². The molecule has 3 aromatic rings. The maximum absolute atomic E-state index is 12.4. The van der Waals surface area contributed by atoms with Gasteiger partial charge in [0.25, 0.3) is 6.47 Å². The Labute approximate surface area is 182 Å². The number of nitrogens with zero attached hydrogens (tertiary/aromatic N) is 4. The number of benzene rings is 1. The molecule has 162 valence electrons.